The molecule has 0 N–H and O–H groups in total. The van der Waals surface area contributed by atoms with E-state index >= 15 is 0 Å². The van der Waals surface area contributed by atoms with E-state index in [-0.39, 0.29) is 32.7 Å². The van der Waals surface area contributed by atoms with Crippen molar-refractivity contribution in [3.8, 4) is 33.4 Å². The summed E-state index contributed by atoms with van der Waals surface area (Å²) in [6, 6.07) is 9.97. The second-order valence-corrected chi connectivity index (χ2v) is 10.1. The molecule has 1 nitrogen and oxygen atoms in total. The fourth-order valence-electron chi connectivity index (χ4n) is 5.98. The Morgan fingerprint density at radius 2 is 0.977 bits per heavy atom. The highest BCUT2D eigenvalue weighted by molar-refractivity contribution is 6.27. The van der Waals surface area contributed by atoms with Crippen molar-refractivity contribution in [1.82, 2.24) is 0 Å². The monoisotopic (exact) mass is 561 g/mol. The Labute approximate surface area is 270 Å². The summed E-state index contributed by atoms with van der Waals surface area (Å²) in [6.45, 7) is 0. The van der Waals surface area contributed by atoms with Crippen LogP contribution in [-0.4, -0.2) is 0 Å². The van der Waals surface area contributed by atoms with Gasteiger partial charge in [0.2, 0.25) is 0 Å². The van der Waals surface area contributed by atoms with Gasteiger partial charge in [-0.05, 0) is 83.9 Å². The molecule has 0 aliphatic heterocycles. The van der Waals surface area contributed by atoms with Crippen LogP contribution in [0.3, 0.4) is 0 Å². The molecule has 9 rings (SSSR count). The first-order valence-electron chi connectivity index (χ1n) is 21.1. The molecule has 1 heteroatoms. The summed E-state index contributed by atoms with van der Waals surface area (Å²) in [4.78, 5) is 0. The van der Waals surface area contributed by atoms with Gasteiger partial charge in [0.25, 0.3) is 0 Å². The minimum atomic E-state index is -0.742. The normalized spacial score (nSPS) is 16.6. The van der Waals surface area contributed by atoms with Crippen molar-refractivity contribution in [3.05, 3.63) is 157 Å². The van der Waals surface area contributed by atoms with Crippen LogP contribution in [0.15, 0.2) is 162 Å². The van der Waals surface area contributed by atoms with Crippen LogP contribution < -0.4 is 0 Å². The van der Waals surface area contributed by atoms with E-state index in [4.69, 9.17) is 16.8 Å². The predicted molar refractivity (Wildman–Crippen MR) is 183 cm³/mol. The van der Waals surface area contributed by atoms with Crippen molar-refractivity contribution in [1.29, 1.82) is 0 Å². The van der Waals surface area contributed by atoms with Crippen LogP contribution in [-0.2, 0) is 0 Å². The molecular weight excluding hydrogens is 520 g/mol. The van der Waals surface area contributed by atoms with Gasteiger partial charge in [-0.25, -0.2) is 0 Å². The second-order valence-electron chi connectivity index (χ2n) is 10.1. The second kappa shape index (κ2) is 9.44. The first kappa shape index (κ1) is 13.5. The molecule has 0 aliphatic rings. The van der Waals surface area contributed by atoms with E-state index in [0.717, 1.165) is 11.1 Å². The Morgan fingerprint density at radius 3 is 1.65 bits per heavy atom. The van der Waals surface area contributed by atoms with E-state index < -0.39 is 107 Å². The molecular formula is C42H26O. The molecule has 200 valence electrons. The van der Waals surface area contributed by atoms with Gasteiger partial charge in [-0.3, -0.25) is 0 Å². The Kier molecular flexibility index (Phi) is 2.97. The summed E-state index contributed by atoms with van der Waals surface area (Å²) in [6.07, 6.45) is 0. The molecule has 0 spiro atoms. The molecule has 43 heavy (non-hydrogen) atoms. The lowest BCUT2D eigenvalue weighted by atomic mass is 9.84. The lowest BCUT2D eigenvalue weighted by Gasteiger charge is -2.18. The highest BCUT2D eigenvalue weighted by atomic mass is 16.3. The minimum Gasteiger partial charge on any atom is -0.456 e. The minimum absolute atomic E-state index is 0.00998. The van der Waals surface area contributed by atoms with Crippen molar-refractivity contribution < 1.29 is 25.0 Å². The molecule has 0 atom stereocenters. The topological polar surface area (TPSA) is 13.1 Å². The van der Waals surface area contributed by atoms with E-state index in [2.05, 4.69) is 0 Å². The molecule has 0 radical (unpaired) electrons. The Balaban J connectivity index is 1.61. The zero-order chi connectivity index (χ0) is 41.4. The molecule has 0 bridgehead atoms. The summed E-state index contributed by atoms with van der Waals surface area (Å²) in [5.74, 6) is 0. The lowest BCUT2D eigenvalue weighted by Crippen LogP contribution is -1.91. The van der Waals surface area contributed by atoms with Crippen LogP contribution in [0, 0.1) is 0 Å². The average Bonchev–Trinajstić information content (AvgIpc) is 3.62. The van der Waals surface area contributed by atoms with Gasteiger partial charge in [0, 0.05) is 10.8 Å². The number of rotatable bonds is 3. The number of hydrogen-bond acceptors (Lipinski definition) is 1. The van der Waals surface area contributed by atoms with Crippen LogP contribution in [0.2, 0.25) is 0 Å². The zero-order valence-electron chi connectivity index (χ0n) is 37.3. The molecule has 1 heterocycles. The highest BCUT2D eigenvalue weighted by Gasteiger charge is 2.21. The third-order valence-electron chi connectivity index (χ3n) is 7.75. The van der Waals surface area contributed by atoms with Crippen molar-refractivity contribution >= 4 is 54.3 Å². The van der Waals surface area contributed by atoms with E-state index in [1.807, 2.05) is 42.5 Å². The largest absolute Gasteiger partial charge is 0.456 e. The van der Waals surface area contributed by atoms with Gasteiger partial charge in [-0.2, -0.15) is 0 Å². The number of furan rings is 1. The summed E-state index contributed by atoms with van der Waals surface area (Å²) in [5.41, 5.74) is 1.91. The van der Waals surface area contributed by atoms with Crippen LogP contribution >= 0.6 is 0 Å². The van der Waals surface area contributed by atoms with Gasteiger partial charge in [-0.15, -0.1) is 0 Å². The van der Waals surface area contributed by atoms with Crippen molar-refractivity contribution in [2.75, 3.05) is 0 Å². The average molecular weight is 562 g/mol. The van der Waals surface area contributed by atoms with Gasteiger partial charge < -0.3 is 4.42 Å². The van der Waals surface area contributed by atoms with Gasteiger partial charge in [0.05, 0.1) is 20.6 Å². The maximum atomic E-state index is 9.46. The lowest BCUT2D eigenvalue weighted by molar-refractivity contribution is 0.669. The summed E-state index contributed by atoms with van der Waals surface area (Å²) in [5, 5.41) is -0.735. The smallest absolute Gasteiger partial charge is 0.136 e. The SMILES string of the molecule is [2H]c1c([2H])c([2H])c2c([2H])c(-c3c4c([2H])c([2H])c([2H])c([2H])c4c(-c4cccc5oc6cccc(-c7ccccc7)c6c45)c4c([2H])c([2H])c([2H])c([2H])c34)c([2H])c([2H])c2c1[2H]. The van der Waals surface area contributed by atoms with E-state index in [1.165, 1.54) is 0 Å². The fraction of sp³-hybridized carbons (Fsp3) is 0. The van der Waals surface area contributed by atoms with E-state index in [0.29, 0.717) is 27.5 Å². The van der Waals surface area contributed by atoms with Crippen molar-refractivity contribution in [3.63, 3.8) is 0 Å². The van der Waals surface area contributed by atoms with Crippen LogP contribution in [0.4, 0.5) is 0 Å². The Hall–Kier alpha value is -5.66. The van der Waals surface area contributed by atoms with E-state index in [9.17, 15) is 8.22 Å². The van der Waals surface area contributed by atoms with Crippen LogP contribution in [0.5, 0.6) is 0 Å². The number of fused-ring (bicyclic) bond motifs is 6. The quantitative estimate of drug-likeness (QED) is 0.196. The molecule has 8 aromatic carbocycles. The highest BCUT2D eigenvalue weighted by Crippen LogP contribution is 2.48. The standard InChI is InChI=1S/C42H26O/c1-2-13-28(14-3-1)31-20-10-22-37-41(31)42-36(21-11-23-38(42)43-37)40-34-18-8-6-16-32(34)39(33-17-7-9-19-35(33)40)30-25-24-27-12-4-5-15-29(27)26-30/h1-26H/i4D,5D,6D,7D,8D,9D,12D,15D,16D,17D,18D,19D,24D,25D,26D. The molecule has 0 amide bonds. The molecule has 0 saturated carbocycles. The predicted octanol–water partition coefficient (Wildman–Crippen LogP) is 12.0. The molecule has 0 saturated heterocycles. The van der Waals surface area contributed by atoms with Gasteiger partial charge in [0.1, 0.15) is 11.2 Å². The van der Waals surface area contributed by atoms with Gasteiger partial charge >= 0.3 is 0 Å². The summed E-state index contributed by atoms with van der Waals surface area (Å²) in [7, 11) is 0. The number of benzene rings is 8. The fourth-order valence-corrected chi connectivity index (χ4v) is 5.98. The van der Waals surface area contributed by atoms with Gasteiger partial charge in [0.15, 0.2) is 0 Å². The zero-order valence-corrected chi connectivity index (χ0v) is 22.3. The summed E-state index contributed by atoms with van der Waals surface area (Å²) >= 11 is 0. The third-order valence-corrected chi connectivity index (χ3v) is 7.75. The Morgan fingerprint density at radius 1 is 0.419 bits per heavy atom. The van der Waals surface area contributed by atoms with Crippen molar-refractivity contribution in [2.45, 2.75) is 0 Å². The van der Waals surface area contributed by atoms with Crippen LogP contribution in [0.25, 0.3) is 87.6 Å². The van der Waals surface area contributed by atoms with Crippen LogP contribution in [0.1, 0.15) is 20.6 Å². The first-order chi connectivity index (χ1) is 27.6. The number of hydrogen-bond donors (Lipinski definition) is 0. The molecule has 0 aliphatic carbocycles. The molecule has 0 unspecified atom stereocenters. The molecule has 1 aromatic heterocycles. The maximum absolute atomic E-state index is 9.46. The maximum Gasteiger partial charge on any atom is 0.136 e. The molecule has 0 fully saturated rings. The molecule has 9 aromatic rings. The Bertz CT molecular complexity index is 3260. The third kappa shape index (κ3) is 3.65. The van der Waals surface area contributed by atoms with Gasteiger partial charge in [-0.1, -0.05) is 139 Å². The first-order valence-corrected chi connectivity index (χ1v) is 13.6. The van der Waals surface area contributed by atoms with E-state index in [1.54, 1.807) is 24.3 Å². The summed E-state index contributed by atoms with van der Waals surface area (Å²) < 4.78 is 141. The van der Waals surface area contributed by atoms with Crippen molar-refractivity contribution in [2.24, 2.45) is 0 Å².